The number of halogens is 1. The molecule has 3 heteroatoms. The summed E-state index contributed by atoms with van der Waals surface area (Å²) >= 11 is 0. The normalized spacial score (nSPS) is 12.1. The number of carbonyl (C=O) groups excluding carboxylic acids is 1. The minimum absolute atomic E-state index is 0.172. The molecule has 0 heterocycles. The maximum absolute atomic E-state index is 13.4. The van der Waals surface area contributed by atoms with Gasteiger partial charge in [-0.15, -0.1) is 0 Å². The monoisotopic (exact) mass is 299 g/mol. The van der Waals surface area contributed by atoms with Crippen LogP contribution >= 0.6 is 0 Å². The van der Waals surface area contributed by atoms with Crippen molar-refractivity contribution in [1.82, 2.24) is 0 Å². The molecule has 0 unspecified atom stereocenters. The van der Waals surface area contributed by atoms with Crippen molar-refractivity contribution in [3.05, 3.63) is 71.0 Å². The Labute approximate surface area is 131 Å². The minimum atomic E-state index is -0.406. The third-order valence-corrected chi connectivity index (χ3v) is 3.94. The highest BCUT2D eigenvalue weighted by atomic mass is 19.1. The molecule has 1 amide bonds. The van der Waals surface area contributed by atoms with Gasteiger partial charge in [-0.1, -0.05) is 50.1 Å². The highest BCUT2D eigenvalue weighted by Crippen LogP contribution is 2.29. The highest BCUT2D eigenvalue weighted by Gasteiger charge is 2.18. The summed E-state index contributed by atoms with van der Waals surface area (Å²) < 4.78 is 13.4. The molecule has 0 fully saturated rings. The molecule has 0 spiro atoms. The van der Waals surface area contributed by atoms with Gasteiger partial charge in [-0.2, -0.15) is 0 Å². The number of rotatable bonds is 7. The molecule has 2 rings (SSSR count). The second kappa shape index (κ2) is 7.74. The molecule has 0 saturated carbocycles. The summed E-state index contributed by atoms with van der Waals surface area (Å²) in [6.45, 7) is 2.14. The fourth-order valence-corrected chi connectivity index (χ4v) is 2.84. The van der Waals surface area contributed by atoms with E-state index in [1.807, 2.05) is 24.3 Å². The zero-order chi connectivity index (χ0) is 15.9. The van der Waals surface area contributed by atoms with Crippen LogP contribution in [0.15, 0.2) is 48.5 Å². The molecule has 2 aromatic carbocycles. The number of amides is 1. The van der Waals surface area contributed by atoms with Gasteiger partial charge in [0.2, 0.25) is 5.91 Å². The van der Waals surface area contributed by atoms with Gasteiger partial charge >= 0.3 is 0 Å². The van der Waals surface area contributed by atoms with Crippen LogP contribution in [0.4, 0.5) is 4.39 Å². The topological polar surface area (TPSA) is 43.1 Å². The van der Waals surface area contributed by atoms with Gasteiger partial charge in [-0.3, -0.25) is 4.79 Å². The number of benzene rings is 2. The van der Waals surface area contributed by atoms with Crippen molar-refractivity contribution in [1.29, 1.82) is 0 Å². The van der Waals surface area contributed by atoms with E-state index >= 15 is 0 Å². The molecule has 1 atom stereocenters. The molecule has 0 aliphatic carbocycles. The molecular weight excluding hydrogens is 277 g/mol. The first kappa shape index (κ1) is 16.2. The van der Waals surface area contributed by atoms with Gasteiger partial charge in [0, 0.05) is 5.56 Å². The predicted octanol–water partition coefficient (Wildman–Crippen LogP) is 4.44. The Kier molecular flexibility index (Phi) is 5.70. The van der Waals surface area contributed by atoms with E-state index in [4.69, 9.17) is 5.73 Å². The van der Waals surface area contributed by atoms with E-state index in [-0.39, 0.29) is 11.7 Å². The summed E-state index contributed by atoms with van der Waals surface area (Å²) in [6.07, 6.45) is 3.81. The van der Waals surface area contributed by atoms with Crippen LogP contribution in [0.2, 0.25) is 0 Å². The average Bonchev–Trinajstić information content (AvgIpc) is 2.51. The molecule has 0 aliphatic heterocycles. The van der Waals surface area contributed by atoms with Gasteiger partial charge in [-0.25, -0.2) is 4.39 Å². The third-order valence-electron chi connectivity index (χ3n) is 3.94. The molecule has 2 N–H and O–H groups in total. The Bertz CT molecular complexity index is 639. The van der Waals surface area contributed by atoms with E-state index in [9.17, 15) is 9.18 Å². The standard InChI is InChI=1S/C19H22FNO/c1-2-3-8-15(12-14-7-6-9-16(20)13-14)17-10-4-5-11-18(17)19(21)22/h4-7,9-11,13,15H,2-3,8,12H2,1H3,(H2,21,22)/t15-/m0/s1. The Morgan fingerprint density at radius 1 is 1.18 bits per heavy atom. The fraction of sp³-hybridized carbons (Fsp3) is 0.316. The fourth-order valence-electron chi connectivity index (χ4n) is 2.84. The number of carbonyl (C=O) groups is 1. The lowest BCUT2D eigenvalue weighted by Gasteiger charge is -2.20. The van der Waals surface area contributed by atoms with Gasteiger partial charge < -0.3 is 5.73 Å². The number of hydrogen-bond donors (Lipinski definition) is 1. The molecule has 2 aromatic rings. The number of unbranched alkanes of at least 4 members (excludes halogenated alkanes) is 1. The van der Waals surface area contributed by atoms with E-state index in [1.165, 1.54) is 6.07 Å². The van der Waals surface area contributed by atoms with Crippen molar-refractivity contribution in [2.24, 2.45) is 5.73 Å². The Morgan fingerprint density at radius 2 is 1.95 bits per heavy atom. The maximum atomic E-state index is 13.4. The summed E-state index contributed by atoms with van der Waals surface area (Å²) in [4.78, 5) is 11.7. The smallest absolute Gasteiger partial charge is 0.248 e. The Balaban J connectivity index is 2.32. The second-order valence-electron chi connectivity index (χ2n) is 5.62. The zero-order valence-electron chi connectivity index (χ0n) is 12.9. The highest BCUT2D eigenvalue weighted by molar-refractivity contribution is 5.94. The SMILES string of the molecule is CCCC[C@@H](Cc1cccc(F)c1)c1ccccc1C(N)=O. The van der Waals surface area contributed by atoms with E-state index in [2.05, 4.69) is 6.92 Å². The summed E-state index contributed by atoms with van der Waals surface area (Å²) in [6, 6.07) is 14.1. The largest absolute Gasteiger partial charge is 0.366 e. The van der Waals surface area contributed by atoms with Crippen LogP contribution in [0.5, 0.6) is 0 Å². The molecular formula is C19H22FNO. The lowest BCUT2D eigenvalue weighted by atomic mass is 9.85. The molecule has 116 valence electrons. The summed E-state index contributed by atoms with van der Waals surface area (Å²) in [5, 5.41) is 0. The molecule has 0 bridgehead atoms. The van der Waals surface area contributed by atoms with Crippen molar-refractivity contribution in [2.75, 3.05) is 0 Å². The lowest BCUT2D eigenvalue weighted by Crippen LogP contribution is -2.16. The quantitative estimate of drug-likeness (QED) is 0.807. The Morgan fingerprint density at radius 3 is 2.64 bits per heavy atom. The van der Waals surface area contributed by atoms with Crippen molar-refractivity contribution >= 4 is 5.91 Å². The Hall–Kier alpha value is -2.16. The van der Waals surface area contributed by atoms with Crippen molar-refractivity contribution in [2.45, 2.75) is 38.5 Å². The van der Waals surface area contributed by atoms with Crippen LogP contribution in [-0.4, -0.2) is 5.91 Å². The van der Waals surface area contributed by atoms with Crippen molar-refractivity contribution < 1.29 is 9.18 Å². The van der Waals surface area contributed by atoms with Crippen LogP contribution in [0.3, 0.4) is 0 Å². The van der Waals surface area contributed by atoms with Gasteiger partial charge in [0.1, 0.15) is 5.82 Å². The first-order valence-corrected chi connectivity index (χ1v) is 7.75. The van der Waals surface area contributed by atoms with Gasteiger partial charge in [0.05, 0.1) is 0 Å². The zero-order valence-corrected chi connectivity index (χ0v) is 12.9. The van der Waals surface area contributed by atoms with E-state index in [0.29, 0.717) is 12.0 Å². The third kappa shape index (κ3) is 4.17. The van der Waals surface area contributed by atoms with Gasteiger partial charge in [0.15, 0.2) is 0 Å². The van der Waals surface area contributed by atoms with Crippen LogP contribution in [0, 0.1) is 5.82 Å². The van der Waals surface area contributed by atoms with E-state index < -0.39 is 5.91 Å². The summed E-state index contributed by atoms with van der Waals surface area (Å²) in [5.41, 5.74) is 7.98. The van der Waals surface area contributed by atoms with Crippen LogP contribution in [0.25, 0.3) is 0 Å². The lowest BCUT2D eigenvalue weighted by molar-refractivity contribution is 0.0999. The van der Waals surface area contributed by atoms with E-state index in [1.54, 1.807) is 18.2 Å². The summed E-state index contributed by atoms with van der Waals surface area (Å²) in [5.74, 6) is -0.461. The number of hydrogen-bond acceptors (Lipinski definition) is 1. The molecule has 0 saturated heterocycles. The number of primary amides is 1. The maximum Gasteiger partial charge on any atom is 0.248 e. The predicted molar refractivity (Wildman–Crippen MR) is 87.3 cm³/mol. The average molecular weight is 299 g/mol. The molecule has 0 radical (unpaired) electrons. The van der Waals surface area contributed by atoms with Gasteiger partial charge in [0.25, 0.3) is 0 Å². The molecule has 2 nitrogen and oxygen atoms in total. The van der Waals surface area contributed by atoms with E-state index in [0.717, 1.165) is 30.4 Å². The summed E-state index contributed by atoms with van der Waals surface area (Å²) in [7, 11) is 0. The molecule has 0 aliphatic rings. The first-order valence-electron chi connectivity index (χ1n) is 7.75. The number of nitrogens with two attached hydrogens (primary N) is 1. The van der Waals surface area contributed by atoms with Crippen LogP contribution in [-0.2, 0) is 6.42 Å². The second-order valence-corrected chi connectivity index (χ2v) is 5.62. The minimum Gasteiger partial charge on any atom is -0.366 e. The van der Waals surface area contributed by atoms with Crippen molar-refractivity contribution in [3.8, 4) is 0 Å². The molecule has 0 aromatic heterocycles. The van der Waals surface area contributed by atoms with Crippen LogP contribution < -0.4 is 5.73 Å². The molecule has 22 heavy (non-hydrogen) atoms. The van der Waals surface area contributed by atoms with Gasteiger partial charge in [-0.05, 0) is 48.1 Å². The van der Waals surface area contributed by atoms with Crippen LogP contribution in [0.1, 0.15) is 53.6 Å². The van der Waals surface area contributed by atoms with Crippen molar-refractivity contribution in [3.63, 3.8) is 0 Å². The first-order chi connectivity index (χ1) is 10.6.